The van der Waals surface area contributed by atoms with Crippen molar-refractivity contribution in [2.45, 2.75) is 33.2 Å². The van der Waals surface area contributed by atoms with E-state index in [0.29, 0.717) is 6.04 Å². The summed E-state index contributed by atoms with van der Waals surface area (Å²) >= 11 is 0. The zero-order valence-corrected chi connectivity index (χ0v) is 14.8. The van der Waals surface area contributed by atoms with Crippen molar-refractivity contribution in [3.63, 3.8) is 0 Å². The van der Waals surface area contributed by atoms with E-state index in [-0.39, 0.29) is 0 Å². The predicted molar refractivity (Wildman–Crippen MR) is 94.0 cm³/mol. The van der Waals surface area contributed by atoms with Gasteiger partial charge in [0.15, 0.2) is 0 Å². The van der Waals surface area contributed by atoms with Crippen LogP contribution in [0.4, 0.5) is 5.95 Å². The van der Waals surface area contributed by atoms with E-state index >= 15 is 0 Å². The molecule has 1 saturated heterocycles. The molecule has 0 unspecified atom stereocenters. The molecule has 0 radical (unpaired) electrons. The average molecular weight is 321 g/mol. The molecule has 0 aliphatic carbocycles. The molecule has 1 aliphatic rings. The maximum atomic E-state index is 5.66. The van der Waals surface area contributed by atoms with E-state index < -0.39 is 0 Å². The molecule has 1 fully saturated rings. The van der Waals surface area contributed by atoms with Crippen LogP contribution in [0.2, 0.25) is 0 Å². The lowest BCUT2D eigenvalue weighted by atomic mass is 10.3. The van der Waals surface area contributed by atoms with E-state index in [4.69, 9.17) is 4.74 Å². The fourth-order valence-corrected chi connectivity index (χ4v) is 2.63. The number of piperazine rings is 1. The smallest absolute Gasteiger partial charge is 0.225 e. The highest BCUT2D eigenvalue weighted by Gasteiger charge is 2.18. The van der Waals surface area contributed by atoms with Gasteiger partial charge in [-0.1, -0.05) is 13.8 Å². The fraction of sp³-hybridized carbons (Fsp3) is 0.765. The van der Waals surface area contributed by atoms with Gasteiger partial charge < -0.3 is 15.0 Å². The molecule has 0 atom stereocenters. The Morgan fingerprint density at radius 3 is 2.48 bits per heavy atom. The van der Waals surface area contributed by atoms with Gasteiger partial charge in [0, 0.05) is 64.3 Å². The van der Waals surface area contributed by atoms with Crippen molar-refractivity contribution in [1.82, 2.24) is 20.2 Å². The van der Waals surface area contributed by atoms with Crippen molar-refractivity contribution >= 4 is 5.95 Å². The number of ether oxygens (including phenoxy) is 1. The summed E-state index contributed by atoms with van der Waals surface area (Å²) in [5, 5.41) is 3.36. The number of nitrogens with one attached hydrogen (secondary N) is 1. The molecule has 1 aromatic rings. The molecule has 1 aliphatic heterocycles. The number of hydrogen-bond acceptors (Lipinski definition) is 6. The fourth-order valence-electron chi connectivity index (χ4n) is 2.63. The minimum atomic E-state index is 0.535. The topological polar surface area (TPSA) is 53.5 Å². The van der Waals surface area contributed by atoms with Crippen LogP contribution < -0.4 is 10.2 Å². The Bertz CT molecular complexity index is 429. The summed E-state index contributed by atoms with van der Waals surface area (Å²) in [5.41, 5.74) is 1.11. The minimum Gasteiger partial charge on any atom is -0.380 e. The maximum absolute atomic E-state index is 5.66. The highest BCUT2D eigenvalue weighted by atomic mass is 16.5. The third-order valence-corrected chi connectivity index (χ3v) is 3.98. The van der Waals surface area contributed by atoms with Crippen LogP contribution in [0.3, 0.4) is 0 Å². The molecule has 0 aromatic carbocycles. The number of anilines is 1. The molecule has 130 valence electrons. The predicted octanol–water partition coefficient (Wildman–Crippen LogP) is 1.31. The quantitative estimate of drug-likeness (QED) is 0.692. The summed E-state index contributed by atoms with van der Waals surface area (Å²) in [5.74, 6) is 0.858. The lowest BCUT2D eigenvalue weighted by Crippen LogP contribution is -2.47. The first-order chi connectivity index (χ1) is 11.1. The minimum absolute atomic E-state index is 0.535. The largest absolute Gasteiger partial charge is 0.380 e. The lowest BCUT2D eigenvalue weighted by Gasteiger charge is -2.34. The van der Waals surface area contributed by atoms with Crippen molar-refractivity contribution < 1.29 is 4.74 Å². The molecule has 0 saturated carbocycles. The van der Waals surface area contributed by atoms with Crippen LogP contribution in [0.1, 0.15) is 25.8 Å². The van der Waals surface area contributed by atoms with Crippen LogP contribution in [0.25, 0.3) is 0 Å². The molecular weight excluding hydrogens is 290 g/mol. The molecular formula is C17H31N5O. The average Bonchev–Trinajstić information content (AvgIpc) is 2.55. The second kappa shape index (κ2) is 9.80. The van der Waals surface area contributed by atoms with Gasteiger partial charge in [0.25, 0.3) is 0 Å². The van der Waals surface area contributed by atoms with Crippen molar-refractivity contribution in [3.05, 3.63) is 18.0 Å². The summed E-state index contributed by atoms with van der Waals surface area (Å²) in [6.07, 6.45) is 4.88. The number of aryl methyl sites for hydroxylation is 1. The number of aromatic nitrogens is 2. The van der Waals surface area contributed by atoms with Gasteiger partial charge in [-0.3, -0.25) is 4.90 Å². The van der Waals surface area contributed by atoms with Gasteiger partial charge in [-0.15, -0.1) is 0 Å². The Kier molecular flexibility index (Phi) is 7.71. The first kappa shape index (κ1) is 18.1. The molecule has 2 rings (SSSR count). The van der Waals surface area contributed by atoms with Crippen molar-refractivity contribution in [3.8, 4) is 0 Å². The zero-order chi connectivity index (χ0) is 16.5. The maximum Gasteiger partial charge on any atom is 0.225 e. The molecule has 6 heteroatoms. The van der Waals surface area contributed by atoms with Gasteiger partial charge in [0.2, 0.25) is 5.95 Å². The van der Waals surface area contributed by atoms with Gasteiger partial charge in [-0.2, -0.15) is 0 Å². The second-order valence-corrected chi connectivity index (χ2v) is 6.46. The van der Waals surface area contributed by atoms with E-state index in [2.05, 4.69) is 38.9 Å². The Labute approximate surface area is 140 Å². The summed E-state index contributed by atoms with van der Waals surface area (Å²) in [4.78, 5) is 13.6. The first-order valence-corrected chi connectivity index (χ1v) is 8.72. The highest BCUT2D eigenvalue weighted by Crippen LogP contribution is 2.10. The van der Waals surface area contributed by atoms with Crippen molar-refractivity contribution in [1.29, 1.82) is 0 Å². The molecule has 1 aromatic heterocycles. The summed E-state index contributed by atoms with van der Waals surface area (Å²) in [6.45, 7) is 14.2. The van der Waals surface area contributed by atoms with E-state index in [1.165, 1.54) is 0 Å². The van der Waals surface area contributed by atoms with Crippen molar-refractivity contribution in [2.75, 3.05) is 57.4 Å². The van der Waals surface area contributed by atoms with Gasteiger partial charge in [0.05, 0.1) is 6.61 Å². The van der Waals surface area contributed by atoms with Crippen molar-refractivity contribution in [2.24, 2.45) is 0 Å². The Morgan fingerprint density at radius 2 is 1.83 bits per heavy atom. The second-order valence-electron chi connectivity index (χ2n) is 6.46. The number of nitrogens with zero attached hydrogens (tertiary/aromatic N) is 4. The van der Waals surface area contributed by atoms with Gasteiger partial charge in [-0.25, -0.2) is 9.97 Å². The summed E-state index contributed by atoms with van der Waals surface area (Å²) in [6, 6.07) is 0.535. The van der Waals surface area contributed by atoms with Crippen LogP contribution in [0.5, 0.6) is 0 Å². The summed E-state index contributed by atoms with van der Waals surface area (Å²) < 4.78 is 5.66. The monoisotopic (exact) mass is 321 g/mol. The van der Waals surface area contributed by atoms with Crippen LogP contribution in [0.15, 0.2) is 12.4 Å². The highest BCUT2D eigenvalue weighted by molar-refractivity contribution is 5.30. The van der Waals surface area contributed by atoms with E-state index in [0.717, 1.165) is 70.4 Å². The molecule has 0 spiro atoms. The lowest BCUT2D eigenvalue weighted by molar-refractivity contribution is 0.120. The Hall–Kier alpha value is -1.24. The standard InChI is InChI=1S/C17H31N5O/c1-15(2)18-5-12-23-11-4-6-21-7-9-22(10-8-21)17-19-13-16(3)14-20-17/h13-15,18H,4-12H2,1-3H3. The van der Waals surface area contributed by atoms with Gasteiger partial charge in [0.1, 0.15) is 0 Å². The van der Waals surface area contributed by atoms with Crippen LogP contribution in [-0.2, 0) is 4.74 Å². The van der Waals surface area contributed by atoms with Gasteiger partial charge >= 0.3 is 0 Å². The van der Waals surface area contributed by atoms with Crippen LogP contribution >= 0.6 is 0 Å². The van der Waals surface area contributed by atoms with Crippen LogP contribution in [0, 0.1) is 6.92 Å². The molecule has 23 heavy (non-hydrogen) atoms. The first-order valence-electron chi connectivity index (χ1n) is 8.72. The molecule has 0 amide bonds. The third-order valence-electron chi connectivity index (χ3n) is 3.98. The molecule has 0 bridgehead atoms. The normalized spacial score (nSPS) is 16.3. The molecule has 2 heterocycles. The molecule has 1 N–H and O–H groups in total. The van der Waals surface area contributed by atoms with E-state index in [1.807, 2.05) is 19.3 Å². The van der Waals surface area contributed by atoms with Gasteiger partial charge in [-0.05, 0) is 18.9 Å². The number of rotatable bonds is 9. The zero-order valence-electron chi connectivity index (χ0n) is 14.8. The Morgan fingerprint density at radius 1 is 1.13 bits per heavy atom. The summed E-state index contributed by atoms with van der Waals surface area (Å²) in [7, 11) is 0. The number of hydrogen-bond donors (Lipinski definition) is 1. The third kappa shape index (κ3) is 6.81. The van der Waals surface area contributed by atoms with Crippen LogP contribution in [-0.4, -0.2) is 73.4 Å². The SMILES string of the molecule is Cc1cnc(N2CCN(CCCOCCNC(C)C)CC2)nc1. The Balaban J connectivity index is 1.54. The van der Waals surface area contributed by atoms with E-state index in [1.54, 1.807) is 0 Å². The van der Waals surface area contributed by atoms with E-state index in [9.17, 15) is 0 Å². The molecule has 6 nitrogen and oxygen atoms in total.